The average Bonchev–Trinajstić information content (AvgIpc) is 3.14. The molecule has 1 N–H and O–H groups in total. The normalized spacial score (nSPS) is 11.3. The molecule has 1 heterocycles. The van der Waals surface area contributed by atoms with Gasteiger partial charge < -0.3 is 9.84 Å². The maximum atomic E-state index is 12.9. The van der Waals surface area contributed by atoms with Crippen LogP contribution in [0.2, 0.25) is 0 Å². The maximum absolute atomic E-state index is 12.9. The van der Waals surface area contributed by atoms with Gasteiger partial charge in [0.1, 0.15) is 5.82 Å². The summed E-state index contributed by atoms with van der Waals surface area (Å²) >= 11 is 0. The third kappa shape index (κ3) is 3.80. The van der Waals surface area contributed by atoms with E-state index in [-0.39, 0.29) is 16.3 Å². The first-order valence-electron chi connectivity index (χ1n) is 7.76. The van der Waals surface area contributed by atoms with Gasteiger partial charge >= 0.3 is 0 Å². The highest BCUT2D eigenvalue weighted by atomic mass is 32.2. The predicted octanol–water partition coefficient (Wildman–Crippen LogP) is 3.53. The van der Waals surface area contributed by atoms with Crippen molar-refractivity contribution in [2.75, 3.05) is 11.1 Å². The number of hydrogen-bond donors (Lipinski definition) is 1. The lowest BCUT2D eigenvalue weighted by Gasteiger charge is -2.02. The molecule has 0 aliphatic carbocycles. The van der Waals surface area contributed by atoms with Crippen LogP contribution in [-0.2, 0) is 9.84 Å². The fraction of sp³-hybridized carbons (Fsp3) is 0.111. The molecule has 0 aliphatic heterocycles. The van der Waals surface area contributed by atoms with Crippen molar-refractivity contribution in [3.8, 4) is 11.3 Å². The molecule has 1 amide bonds. The van der Waals surface area contributed by atoms with E-state index in [0.717, 1.165) is 0 Å². The molecule has 0 bridgehead atoms. The first-order valence-corrected chi connectivity index (χ1v) is 9.41. The molecule has 1 aromatic heterocycles. The van der Waals surface area contributed by atoms with E-state index >= 15 is 0 Å². The Hall–Kier alpha value is -3.00. The van der Waals surface area contributed by atoms with Crippen LogP contribution < -0.4 is 5.32 Å². The van der Waals surface area contributed by atoms with Crippen molar-refractivity contribution in [2.45, 2.75) is 11.8 Å². The van der Waals surface area contributed by atoms with Crippen LogP contribution in [0.5, 0.6) is 0 Å². The first kappa shape index (κ1) is 17.8. The fourth-order valence-electron chi connectivity index (χ4n) is 2.24. The highest BCUT2D eigenvalue weighted by molar-refractivity contribution is 7.91. The van der Waals surface area contributed by atoms with Gasteiger partial charge in [0.25, 0.3) is 5.91 Å². The summed E-state index contributed by atoms with van der Waals surface area (Å²) in [5, 5.41) is 6.29. The van der Waals surface area contributed by atoms with Crippen molar-refractivity contribution in [2.24, 2.45) is 0 Å². The van der Waals surface area contributed by atoms with E-state index in [1.165, 1.54) is 42.5 Å². The average molecular weight is 374 g/mol. The number of nitrogens with one attached hydrogen (secondary N) is 1. The Morgan fingerprint density at radius 2 is 1.77 bits per heavy atom. The zero-order valence-corrected chi connectivity index (χ0v) is 14.6. The molecule has 8 heteroatoms. The van der Waals surface area contributed by atoms with Crippen molar-refractivity contribution in [3.63, 3.8) is 0 Å². The second-order valence-electron chi connectivity index (χ2n) is 5.47. The van der Waals surface area contributed by atoms with Crippen molar-refractivity contribution in [1.82, 2.24) is 5.16 Å². The summed E-state index contributed by atoms with van der Waals surface area (Å²) in [6, 6.07) is 12.9. The van der Waals surface area contributed by atoms with Crippen LogP contribution in [0.3, 0.4) is 0 Å². The van der Waals surface area contributed by atoms with E-state index in [1.807, 2.05) is 0 Å². The number of anilines is 1. The zero-order chi connectivity index (χ0) is 18.7. The predicted molar refractivity (Wildman–Crippen MR) is 94.0 cm³/mol. The quantitative estimate of drug-likeness (QED) is 0.738. The largest absolute Gasteiger partial charge is 0.355 e. The summed E-state index contributed by atoms with van der Waals surface area (Å²) in [6.07, 6.45) is 0. The number of aromatic nitrogens is 1. The van der Waals surface area contributed by atoms with E-state index in [0.29, 0.717) is 17.0 Å². The molecule has 3 aromatic rings. The van der Waals surface area contributed by atoms with Gasteiger partial charge in [0.15, 0.2) is 21.3 Å². The van der Waals surface area contributed by atoms with Crippen LogP contribution in [-0.4, -0.2) is 25.2 Å². The number of benzene rings is 2. The van der Waals surface area contributed by atoms with Crippen molar-refractivity contribution in [1.29, 1.82) is 0 Å². The molecular formula is C18H15FN2O4S. The maximum Gasteiger partial charge on any atom is 0.277 e. The minimum absolute atomic E-state index is 0.0162. The molecule has 2 aromatic carbocycles. The Bertz CT molecular complexity index is 1030. The summed E-state index contributed by atoms with van der Waals surface area (Å²) in [7, 11) is -3.28. The van der Waals surface area contributed by atoms with E-state index in [9.17, 15) is 17.6 Å². The molecule has 26 heavy (non-hydrogen) atoms. The van der Waals surface area contributed by atoms with Gasteiger partial charge in [-0.15, -0.1) is 0 Å². The lowest BCUT2D eigenvalue weighted by molar-refractivity contribution is 0.101. The third-order valence-electron chi connectivity index (χ3n) is 3.72. The molecule has 0 aliphatic rings. The molecular weight excluding hydrogens is 359 g/mol. The lowest BCUT2D eigenvalue weighted by Crippen LogP contribution is -2.12. The summed E-state index contributed by atoms with van der Waals surface area (Å²) in [6.45, 7) is 1.58. The molecule has 3 rings (SSSR count). The molecule has 134 valence electrons. The van der Waals surface area contributed by atoms with E-state index in [2.05, 4.69) is 10.5 Å². The topological polar surface area (TPSA) is 89.3 Å². The molecule has 0 unspecified atom stereocenters. The highest BCUT2D eigenvalue weighted by Gasteiger charge is 2.16. The summed E-state index contributed by atoms with van der Waals surface area (Å²) in [5.41, 5.74) is 1.07. The van der Waals surface area contributed by atoms with Crippen molar-refractivity contribution >= 4 is 21.4 Å². The Morgan fingerprint density at radius 1 is 1.12 bits per heavy atom. The SMILES string of the molecule is CCS(=O)(=O)c1ccc(-c2cc(C(=O)Nc3ccc(F)cc3)no2)cc1. The number of sulfone groups is 1. The second kappa shape index (κ2) is 7.09. The summed E-state index contributed by atoms with van der Waals surface area (Å²) < 4.78 is 41.7. The van der Waals surface area contributed by atoms with Crippen molar-refractivity contribution < 1.29 is 22.1 Å². The Kier molecular flexibility index (Phi) is 4.85. The molecule has 0 saturated heterocycles. The number of carbonyl (C=O) groups is 1. The monoisotopic (exact) mass is 374 g/mol. The van der Waals surface area contributed by atoms with Gasteiger partial charge in [0, 0.05) is 17.3 Å². The van der Waals surface area contributed by atoms with Gasteiger partial charge in [-0.2, -0.15) is 0 Å². The van der Waals surface area contributed by atoms with E-state index in [1.54, 1.807) is 19.1 Å². The van der Waals surface area contributed by atoms with Crippen LogP contribution in [0.1, 0.15) is 17.4 Å². The number of carbonyl (C=O) groups excluding carboxylic acids is 1. The van der Waals surface area contributed by atoms with Gasteiger partial charge in [-0.25, -0.2) is 12.8 Å². The minimum atomic E-state index is -3.28. The Labute approximate surface area is 149 Å². The summed E-state index contributed by atoms with van der Waals surface area (Å²) in [5.74, 6) is -0.561. The first-order chi connectivity index (χ1) is 12.4. The lowest BCUT2D eigenvalue weighted by atomic mass is 10.1. The summed E-state index contributed by atoms with van der Waals surface area (Å²) in [4.78, 5) is 12.4. The van der Waals surface area contributed by atoms with E-state index in [4.69, 9.17) is 4.52 Å². The highest BCUT2D eigenvalue weighted by Crippen LogP contribution is 2.23. The van der Waals surface area contributed by atoms with E-state index < -0.39 is 21.6 Å². The van der Waals surface area contributed by atoms with Crippen LogP contribution in [0, 0.1) is 5.82 Å². The number of amides is 1. The van der Waals surface area contributed by atoms with Crippen LogP contribution in [0.4, 0.5) is 10.1 Å². The fourth-order valence-corrected chi connectivity index (χ4v) is 3.12. The second-order valence-corrected chi connectivity index (χ2v) is 7.74. The Morgan fingerprint density at radius 3 is 2.38 bits per heavy atom. The molecule has 0 radical (unpaired) electrons. The molecule has 0 fully saturated rings. The number of rotatable bonds is 5. The van der Waals surface area contributed by atoms with Crippen LogP contribution in [0.15, 0.2) is 64.0 Å². The number of halogens is 1. The minimum Gasteiger partial charge on any atom is -0.355 e. The number of hydrogen-bond acceptors (Lipinski definition) is 5. The number of nitrogens with zero attached hydrogens (tertiary/aromatic N) is 1. The molecule has 0 atom stereocenters. The molecule has 0 saturated carbocycles. The smallest absolute Gasteiger partial charge is 0.277 e. The van der Waals surface area contributed by atoms with Crippen LogP contribution in [0.25, 0.3) is 11.3 Å². The molecule has 6 nitrogen and oxygen atoms in total. The molecule has 0 spiro atoms. The van der Waals surface area contributed by atoms with Gasteiger partial charge in [0.05, 0.1) is 10.6 Å². The third-order valence-corrected chi connectivity index (χ3v) is 5.47. The zero-order valence-electron chi connectivity index (χ0n) is 13.8. The van der Waals surface area contributed by atoms with Gasteiger partial charge in [0.2, 0.25) is 0 Å². The van der Waals surface area contributed by atoms with Crippen LogP contribution >= 0.6 is 0 Å². The van der Waals surface area contributed by atoms with Crippen molar-refractivity contribution in [3.05, 3.63) is 66.1 Å². The standard InChI is InChI=1S/C18H15FN2O4S/c1-2-26(23,24)15-9-3-12(4-10-15)17-11-16(21-25-17)18(22)20-14-7-5-13(19)6-8-14/h3-11H,2H2,1H3,(H,20,22). The Balaban J connectivity index is 1.77. The van der Waals surface area contributed by atoms with Gasteiger partial charge in [-0.05, 0) is 48.5 Å². The van der Waals surface area contributed by atoms with Gasteiger partial charge in [-0.3, -0.25) is 4.79 Å². The van der Waals surface area contributed by atoms with Gasteiger partial charge in [-0.1, -0.05) is 12.1 Å².